The van der Waals surface area contributed by atoms with E-state index in [1.165, 1.54) is 5.56 Å². The van der Waals surface area contributed by atoms with Gasteiger partial charge in [-0.15, -0.1) is 0 Å². The minimum absolute atomic E-state index is 0.0481. The molecule has 3 aromatic rings. The highest BCUT2D eigenvalue weighted by molar-refractivity contribution is 5.88. The molecule has 0 spiro atoms. The molecule has 166 valence electrons. The third kappa shape index (κ3) is 5.04. The zero-order chi connectivity index (χ0) is 22.2. The average molecular weight is 423 g/mol. The second-order valence-electron chi connectivity index (χ2n) is 7.83. The van der Waals surface area contributed by atoms with Crippen molar-refractivity contribution in [1.29, 1.82) is 0 Å². The van der Waals surface area contributed by atoms with E-state index in [-0.39, 0.29) is 11.8 Å². The third-order valence-corrected chi connectivity index (χ3v) is 5.89. The number of carbonyl (C=O) groups is 1. The van der Waals surface area contributed by atoms with Gasteiger partial charge in [-0.1, -0.05) is 57.0 Å². The lowest BCUT2D eigenvalue weighted by atomic mass is 9.86. The highest BCUT2D eigenvalue weighted by Gasteiger charge is 2.26. The summed E-state index contributed by atoms with van der Waals surface area (Å²) in [6, 6.07) is 12.2. The Labute approximate surface area is 185 Å². The number of para-hydroxylation sites is 2. The lowest BCUT2D eigenvalue weighted by molar-refractivity contribution is -0.121. The van der Waals surface area contributed by atoms with Crippen molar-refractivity contribution in [3.63, 3.8) is 0 Å². The van der Waals surface area contributed by atoms with Crippen LogP contribution in [0.15, 0.2) is 42.6 Å². The molecule has 0 radical (unpaired) electrons. The van der Waals surface area contributed by atoms with Gasteiger partial charge < -0.3 is 19.8 Å². The van der Waals surface area contributed by atoms with E-state index < -0.39 is 0 Å². The van der Waals surface area contributed by atoms with Crippen LogP contribution in [-0.4, -0.2) is 31.7 Å². The first-order chi connectivity index (χ1) is 15.1. The number of aryl methyl sites for hydroxylation is 1. The zero-order valence-electron chi connectivity index (χ0n) is 19.1. The van der Waals surface area contributed by atoms with E-state index in [9.17, 15) is 4.79 Å². The van der Waals surface area contributed by atoms with Crippen LogP contribution in [0.1, 0.15) is 62.1 Å². The first kappa shape index (κ1) is 22.7. The number of ether oxygens (including phenoxy) is 2. The molecule has 1 atom stereocenters. The van der Waals surface area contributed by atoms with Gasteiger partial charge >= 0.3 is 0 Å². The smallest absolute Gasteiger partial charge is 0.220 e. The largest absolute Gasteiger partial charge is 0.493 e. The van der Waals surface area contributed by atoms with E-state index in [0.29, 0.717) is 24.5 Å². The second kappa shape index (κ2) is 10.9. The third-order valence-electron chi connectivity index (χ3n) is 5.89. The number of hydrogen-bond donors (Lipinski definition) is 2. The number of carbonyl (C=O) groups excluding carboxylic acids is 1. The van der Waals surface area contributed by atoms with Crippen LogP contribution in [0.5, 0.6) is 11.5 Å². The number of aromatic amines is 1. The molecule has 0 unspecified atom stereocenters. The Morgan fingerprint density at radius 1 is 1.03 bits per heavy atom. The number of aromatic nitrogens is 1. The van der Waals surface area contributed by atoms with Gasteiger partial charge in [0.2, 0.25) is 5.91 Å². The van der Waals surface area contributed by atoms with Crippen molar-refractivity contribution < 1.29 is 14.3 Å². The molecule has 0 aliphatic carbocycles. The van der Waals surface area contributed by atoms with Gasteiger partial charge in [0.25, 0.3) is 0 Å². The summed E-state index contributed by atoms with van der Waals surface area (Å²) in [7, 11) is 3.28. The van der Waals surface area contributed by atoms with Crippen LogP contribution in [0.25, 0.3) is 10.9 Å². The molecule has 0 saturated heterocycles. The van der Waals surface area contributed by atoms with Crippen LogP contribution >= 0.6 is 0 Å². The first-order valence-electron chi connectivity index (χ1n) is 11.2. The maximum absolute atomic E-state index is 12.9. The molecule has 1 amide bonds. The van der Waals surface area contributed by atoms with Gasteiger partial charge in [-0.05, 0) is 30.0 Å². The Kier molecular flexibility index (Phi) is 7.99. The van der Waals surface area contributed by atoms with Crippen molar-refractivity contribution in [3.05, 3.63) is 59.3 Å². The summed E-state index contributed by atoms with van der Waals surface area (Å²) in [5, 5.41) is 4.24. The molecule has 31 heavy (non-hydrogen) atoms. The summed E-state index contributed by atoms with van der Waals surface area (Å²) in [4.78, 5) is 16.4. The van der Waals surface area contributed by atoms with Gasteiger partial charge in [0.1, 0.15) is 0 Å². The number of fused-ring (bicyclic) bond motifs is 1. The molecule has 1 heterocycles. The van der Waals surface area contributed by atoms with Crippen LogP contribution in [0, 0.1) is 0 Å². The van der Waals surface area contributed by atoms with E-state index in [4.69, 9.17) is 9.47 Å². The molecule has 5 nitrogen and oxygen atoms in total. The lowest BCUT2D eigenvalue weighted by Gasteiger charge is -2.21. The van der Waals surface area contributed by atoms with Crippen molar-refractivity contribution >= 4 is 16.8 Å². The van der Waals surface area contributed by atoms with Gasteiger partial charge in [-0.2, -0.15) is 0 Å². The van der Waals surface area contributed by atoms with Crippen LogP contribution in [-0.2, 0) is 11.2 Å². The lowest BCUT2D eigenvalue weighted by Crippen LogP contribution is -2.26. The fourth-order valence-corrected chi connectivity index (χ4v) is 4.26. The standard InChI is InChI=1S/C26H34N2O3/c1-5-7-8-15-27-24(29)16-21(20-13-10-14-23(30-3)26(20)31-4)22-17-28-25-18(6-2)11-9-12-19(22)25/h9-14,17,21,28H,5-8,15-16H2,1-4H3,(H,27,29)/t21-/m1/s1. The summed E-state index contributed by atoms with van der Waals surface area (Å²) in [5.41, 5.74) is 4.45. The monoisotopic (exact) mass is 422 g/mol. The summed E-state index contributed by atoms with van der Waals surface area (Å²) >= 11 is 0. The van der Waals surface area contributed by atoms with Gasteiger partial charge in [-0.25, -0.2) is 0 Å². The molecule has 0 aliphatic rings. The van der Waals surface area contributed by atoms with Crippen molar-refractivity contribution in [2.45, 2.75) is 51.9 Å². The number of amides is 1. The van der Waals surface area contributed by atoms with Crippen molar-refractivity contribution in [2.75, 3.05) is 20.8 Å². The number of hydrogen-bond acceptors (Lipinski definition) is 3. The summed E-state index contributed by atoms with van der Waals surface area (Å²) in [6.45, 7) is 5.03. The fourth-order valence-electron chi connectivity index (χ4n) is 4.26. The summed E-state index contributed by atoms with van der Waals surface area (Å²) in [5.74, 6) is 1.24. The van der Waals surface area contributed by atoms with E-state index in [1.54, 1.807) is 14.2 Å². The Hall–Kier alpha value is -2.95. The van der Waals surface area contributed by atoms with Gasteiger partial charge in [0.05, 0.1) is 14.2 Å². The van der Waals surface area contributed by atoms with Gasteiger partial charge in [0.15, 0.2) is 11.5 Å². The number of H-pyrrole nitrogens is 1. The minimum atomic E-state index is -0.155. The minimum Gasteiger partial charge on any atom is -0.493 e. The average Bonchev–Trinajstić information content (AvgIpc) is 3.23. The molecule has 0 bridgehead atoms. The van der Waals surface area contributed by atoms with Crippen molar-refractivity contribution in [1.82, 2.24) is 10.3 Å². The van der Waals surface area contributed by atoms with E-state index >= 15 is 0 Å². The quantitative estimate of drug-likeness (QED) is 0.397. The van der Waals surface area contributed by atoms with Crippen molar-refractivity contribution in [2.24, 2.45) is 0 Å². The zero-order valence-corrected chi connectivity index (χ0v) is 19.1. The predicted molar refractivity (Wildman–Crippen MR) is 126 cm³/mol. The number of nitrogens with one attached hydrogen (secondary N) is 2. The predicted octanol–water partition coefficient (Wildman–Crippen LogP) is 5.58. The van der Waals surface area contributed by atoms with Gasteiger partial charge in [0, 0.05) is 41.5 Å². The number of rotatable bonds is 11. The van der Waals surface area contributed by atoms with Crippen LogP contribution in [0.3, 0.4) is 0 Å². The maximum Gasteiger partial charge on any atom is 0.220 e. The summed E-state index contributed by atoms with van der Waals surface area (Å²) in [6.07, 6.45) is 6.59. The molecule has 5 heteroatoms. The maximum atomic E-state index is 12.9. The Balaban J connectivity index is 2.03. The topological polar surface area (TPSA) is 63.4 Å². The molecule has 2 aromatic carbocycles. The molecule has 0 saturated carbocycles. The number of benzene rings is 2. The van der Waals surface area contributed by atoms with E-state index in [1.807, 2.05) is 24.4 Å². The number of methoxy groups -OCH3 is 2. The highest BCUT2D eigenvalue weighted by Crippen LogP contribution is 2.42. The van der Waals surface area contributed by atoms with Crippen molar-refractivity contribution in [3.8, 4) is 11.5 Å². The molecular weight excluding hydrogens is 388 g/mol. The fraction of sp³-hybridized carbons (Fsp3) is 0.423. The Bertz CT molecular complexity index is 1010. The number of unbranched alkanes of at least 4 members (excludes halogenated alkanes) is 2. The van der Waals surface area contributed by atoms with Crippen LogP contribution in [0.4, 0.5) is 0 Å². The second-order valence-corrected chi connectivity index (χ2v) is 7.83. The van der Waals surface area contributed by atoms with Gasteiger partial charge in [-0.3, -0.25) is 4.79 Å². The SMILES string of the molecule is CCCCCNC(=O)C[C@H](c1cccc(OC)c1OC)c1c[nH]c2c(CC)cccc12. The Morgan fingerprint density at radius 2 is 1.84 bits per heavy atom. The van der Waals surface area contributed by atoms with Crippen LogP contribution < -0.4 is 14.8 Å². The molecule has 1 aromatic heterocycles. The summed E-state index contributed by atoms with van der Waals surface area (Å²) < 4.78 is 11.3. The Morgan fingerprint density at radius 3 is 2.55 bits per heavy atom. The molecule has 2 N–H and O–H groups in total. The molecule has 3 rings (SSSR count). The highest BCUT2D eigenvalue weighted by atomic mass is 16.5. The normalized spacial score (nSPS) is 12.0. The molecular formula is C26H34N2O3. The molecule has 0 fully saturated rings. The van der Waals surface area contributed by atoms with E-state index in [0.717, 1.165) is 47.7 Å². The molecule has 0 aliphatic heterocycles. The van der Waals surface area contributed by atoms with E-state index in [2.05, 4.69) is 42.3 Å². The first-order valence-corrected chi connectivity index (χ1v) is 11.2. The van der Waals surface area contributed by atoms with Crippen LogP contribution in [0.2, 0.25) is 0 Å².